The van der Waals surface area contributed by atoms with E-state index in [0.29, 0.717) is 12.5 Å². The molecular weight excluding hydrogens is 441 g/mol. The predicted molar refractivity (Wildman–Crippen MR) is 117 cm³/mol. The van der Waals surface area contributed by atoms with E-state index in [1.165, 1.54) is 18.2 Å². The number of carbonyl (C=O) groups is 1. The van der Waals surface area contributed by atoms with E-state index in [4.69, 9.17) is 9.73 Å². The van der Waals surface area contributed by atoms with Crippen LogP contribution >= 0.6 is 24.0 Å². The Bertz CT molecular complexity index is 621. The molecule has 3 unspecified atom stereocenters. The summed E-state index contributed by atoms with van der Waals surface area (Å²) in [5, 5.41) is 3.36. The highest BCUT2D eigenvalue weighted by atomic mass is 127. The van der Waals surface area contributed by atoms with Crippen LogP contribution in [0.1, 0.15) is 37.8 Å². The summed E-state index contributed by atoms with van der Waals surface area (Å²) in [4.78, 5) is 18.9. The van der Waals surface area contributed by atoms with Crippen molar-refractivity contribution < 1.29 is 9.53 Å². The Morgan fingerprint density at radius 2 is 2.15 bits per heavy atom. The lowest BCUT2D eigenvalue weighted by atomic mass is 9.99. The summed E-state index contributed by atoms with van der Waals surface area (Å²) in [6.07, 6.45) is 0. The number of methoxy groups -OCH3 is 1. The van der Waals surface area contributed by atoms with E-state index >= 15 is 0 Å². The van der Waals surface area contributed by atoms with E-state index in [1.807, 2.05) is 0 Å². The van der Waals surface area contributed by atoms with Crippen molar-refractivity contribution in [3.8, 4) is 0 Å². The average molecular weight is 473 g/mol. The van der Waals surface area contributed by atoms with Gasteiger partial charge >= 0.3 is 5.97 Å². The molecule has 3 atom stereocenters. The van der Waals surface area contributed by atoms with Crippen molar-refractivity contribution in [2.75, 3.05) is 33.3 Å². The molecule has 1 fully saturated rings. The Balaban J connectivity index is 0.00000338. The summed E-state index contributed by atoms with van der Waals surface area (Å²) < 4.78 is 4.93. The summed E-state index contributed by atoms with van der Waals surface area (Å²) in [6.45, 7) is 11.5. The number of benzene rings is 1. The lowest BCUT2D eigenvalue weighted by Crippen LogP contribution is -2.40. The van der Waals surface area contributed by atoms with Gasteiger partial charge in [-0.3, -0.25) is 9.79 Å². The van der Waals surface area contributed by atoms with Crippen molar-refractivity contribution in [1.82, 2.24) is 10.2 Å². The lowest BCUT2D eigenvalue weighted by molar-refractivity contribution is -0.145. The fourth-order valence-electron chi connectivity index (χ4n) is 3.33. The first-order chi connectivity index (χ1) is 12.0. The third-order valence-electron chi connectivity index (χ3n) is 4.88. The largest absolute Gasteiger partial charge is 0.469 e. The fourth-order valence-corrected chi connectivity index (χ4v) is 3.33. The van der Waals surface area contributed by atoms with Crippen molar-refractivity contribution in [3.63, 3.8) is 0 Å². The number of aryl methyl sites for hydroxylation is 1. The Hall–Kier alpha value is -1.31. The molecule has 1 aromatic carbocycles. The van der Waals surface area contributed by atoms with E-state index < -0.39 is 0 Å². The highest BCUT2D eigenvalue weighted by molar-refractivity contribution is 14.0. The number of rotatable bonds is 5. The first-order valence-electron chi connectivity index (χ1n) is 9.13. The second kappa shape index (κ2) is 10.7. The molecule has 0 bridgehead atoms. The minimum atomic E-state index is -0.126. The van der Waals surface area contributed by atoms with Gasteiger partial charge in [0, 0.05) is 32.1 Å². The number of guanidine groups is 1. The van der Waals surface area contributed by atoms with Crippen LogP contribution in [0.15, 0.2) is 29.3 Å². The zero-order valence-electron chi connectivity index (χ0n) is 16.5. The molecule has 26 heavy (non-hydrogen) atoms. The summed E-state index contributed by atoms with van der Waals surface area (Å²) in [5.41, 5.74) is 2.58. The van der Waals surface area contributed by atoms with E-state index in [2.05, 4.69) is 62.2 Å². The summed E-state index contributed by atoms with van der Waals surface area (Å²) >= 11 is 0. The zero-order valence-corrected chi connectivity index (χ0v) is 18.8. The van der Waals surface area contributed by atoms with Crippen LogP contribution in [0.4, 0.5) is 0 Å². The quantitative estimate of drug-likeness (QED) is 0.308. The average Bonchev–Trinajstić information content (AvgIpc) is 2.99. The third kappa shape index (κ3) is 5.86. The monoisotopic (exact) mass is 473 g/mol. The van der Waals surface area contributed by atoms with Crippen LogP contribution in [-0.2, 0) is 9.53 Å². The van der Waals surface area contributed by atoms with Gasteiger partial charge in [0.1, 0.15) is 0 Å². The van der Waals surface area contributed by atoms with Crippen molar-refractivity contribution in [1.29, 1.82) is 0 Å². The molecule has 6 heteroatoms. The Morgan fingerprint density at radius 3 is 2.77 bits per heavy atom. The zero-order chi connectivity index (χ0) is 18.4. The molecule has 0 amide bonds. The maximum absolute atomic E-state index is 11.9. The molecule has 2 rings (SSSR count). The predicted octanol–water partition coefficient (Wildman–Crippen LogP) is 3.42. The smallest absolute Gasteiger partial charge is 0.310 e. The number of nitrogens with one attached hydrogen (secondary N) is 1. The number of carbonyl (C=O) groups excluding carboxylic acids is 1. The SMILES string of the molecule is CCNC(=NCC(C)c1cccc(C)c1)N1CC(C)C(C(=O)OC)C1.I. The van der Waals surface area contributed by atoms with Gasteiger partial charge in [0.25, 0.3) is 0 Å². The van der Waals surface area contributed by atoms with Crippen molar-refractivity contribution in [2.24, 2.45) is 16.8 Å². The maximum Gasteiger partial charge on any atom is 0.310 e. The van der Waals surface area contributed by atoms with Crippen molar-refractivity contribution >= 4 is 35.9 Å². The lowest BCUT2D eigenvalue weighted by Gasteiger charge is -2.22. The number of halogens is 1. The van der Waals surface area contributed by atoms with Gasteiger partial charge in [-0.25, -0.2) is 0 Å². The highest BCUT2D eigenvalue weighted by Crippen LogP contribution is 2.24. The second-order valence-electron chi connectivity index (χ2n) is 7.02. The minimum absolute atomic E-state index is 0. The molecule has 1 saturated heterocycles. The number of nitrogens with zero attached hydrogens (tertiary/aromatic N) is 2. The fraction of sp³-hybridized carbons (Fsp3) is 0.600. The summed E-state index contributed by atoms with van der Waals surface area (Å²) in [5.74, 6) is 1.30. The molecular formula is C20H32IN3O2. The Kier molecular flexibility index (Phi) is 9.39. The summed E-state index contributed by atoms with van der Waals surface area (Å²) in [7, 11) is 1.46. The molecule has 0 saturated carbocycles. The second-order valence-corrected chi connectivity index (χ2v) is 7.02. The molecule has 1 aromatic rings. The molecule has 1 aliphatic heterocycles. The maximum atomic E-state index is 11.9. The van der Waals surface area contributed by atoms with Gasteiger partial charge in [0.15, 0.2) is 5.96 Å². The standard InChI is InChI=1S/C20H31N3O2.HI/c1-6-21-20(23-12-16(4)18(13-23)19(24)25-5)22-11-15(3)17-9-7-8-14(2)10-17;/h7-10,15-16,18H,6,11-13H2,1-5H3,(H,21,22);1H. The Labute approximate surface area is 174 Å². The van der Waals surface area contributed by atoms with Gasteiger partial charge in [-0.05, 0) is 25.3 Å². The first kappa shape index (κ1) is 22.7. The van der Waals surface area contributed by atoms with Crippen LogP contribution in [0.2, 0.25) is 0 Å². The molecule has 1 heterocycles. The summed E-state index contributed by atoms with van der Waals surface area (Å²) in [6, 6.07) is 8.59. The van der Waals surface area contributed by atoms with Gasteiger partial charge in [-0.2, -0.15) is 0 Å². The number of esters is 1. The van der Waals surface area contributed by atoms with Gasteiger partial charge in [-0.15, -0.1) is 24.0 Å². The normalized spacial score (nSPS) is 21.1. The molecule has 1 N–H and O–H groups in total. The number of hydrogen-bond donors (Lipinski definition) is 1. The van der Waals surface area contributed by atoms with Crippen LogP contribution in [0, 0.1) is 18.8 Å². The van der Waals surface area contributed by atoms with Gasteiger partial charge < -0.3 is 15.0 Å². The number of likely N-dealkylation sites (tertiary alicyclic amines) is 1. The van der Waals surface area contributed by atoms with Crippen LogP contribution < -0.4 is 5.32 Å². The van der Waals surface area contributed by atoms with Crippen molar-refractivity contribution in [3.05, 3.63) is 35.4 Å². The van der Waals surface area contributed by atoms with E-state index in [0.717, 1.165) is 25.6 Å². The molecule has 1 aliphatic rings. The Morgan fingerprint density at radius 1 is 1.42 bits per heavy atom. The van der Waals surface area contributed by atoms with Crippen LogP contribution in [0.3, 0.4) is 0 Å². The minimum Gasteiger partial charge on any atom is -0.469 e. The third-order valence-corrected chi connectivity index (χ3v) is 4.88. The van der Waals surface area contributed by atoms with Crippen LogP contribution in [0.25, 0.3) is 0 Å². The van der Waals surface area contributed by atoms with Gasteiger partial charge in [0.05, 0.1) is 13.0 Å². The number of aliphatic imine (C=N–C) groups is 1. The van der Waals surface area contributed by atoms with Gasteiger partial charge in [0.2, 0.25) is 0 Å². The topological polar surface area (TPSA) is 53.9 Å². The molecule has 0 radical (unpaired) electrons. The van der Waals surface area contributed by atoms with Crippen LogP contribution in [-0.4, -0.2) is 50.1 Å². The highest BCUT2D eigenvalue weighted by Gasteiger charge is 2.36. The van der Waals surface area contributed by atoms with Crippen molar-refractivity contribution in [2.45, 2.75) is 33.6 Å². The van der Waals surface area contributed by atoms with E-state index in [1.54, 1.807) is 0 Å². The van der Waals surface area contributed by atoms with E-state index in [9.17, 15) is 4.79 Å². The molecule has 0 aliphatic carbocycles. The molecule has 0 spiro atoms. The molecule has 5 nitrogen and oxygen atoms in total. The number of ether oxygens (including phenoxy) is 1. The molecule has 0 aromatic heterocycles. The first-order valence-corrected chi connectivity index (χ1v) is 9.13. The van der Waals surface area contributed by atoms with Crippen LogP contribution in [0.5, 0.6) is 0 Å². The van der Waals surface area contributed by atoms with Gasteiger partial charge in [-0.1, -0.05) is 43.7 Å². The van der Waals surface area contributed by atoms with E-state index in [-0.39, 0.29) is 41.8 Å². The molecule has 146 valence electrons. The number of hydrogen-bond acceptors (Lipinski definition) is 3.